The van der Waals surface area contributed by atoms with Crippen molar-refractivity contribution in [3.63, 3.8) is 0 Å². The van der Waals surface area contributed by atoms with Crippen LogP contribution in [0.1, 0.15) is 5.56 Å². The van der Waals surface area contributed by atoms with Crippen molar-refractivity contribution in [1.82, 2.24) is 9.62 Å². The third-order valence-electron chi connectivity index (χ3n) is 3.15. The van der Waals surface area contributed by atoms with E-state index in [4.69, 9.17) is 16.7 Å². The minimum atomic E-state index is -4.10. The molecule has 2 N–H and O–H groups in total. The Balaban J connectivity index is 2.49. The van der Waals surface area contributed by atoms with Crippen molar-refractivity contribution < 1.29 is 23.1 Å². The predicted octanol–water partition coefficient (Wildman–Crippen LogP) is 0.222. The van der Waals surface area contributed by atoms with Crippen LogP contribution in [-0.2, 0) is 19.6 Å². The Morgan fingerprint density at radius 1 is 1.48 bits per heavy atom. The molecule has 1 heterocycles. The second kappa shape index (κ2) is 5.63. The zero-order valence-electron chi connectivity index (χ0n) is 11.0. The number of benzene rings is 1. The average molecular weight is 333 g/mol. The number of amides is 1. The molecule has 1 atom stereocenters. The SMILES string of the molecule is Cc1cc(Cl)ccc1S(=O)(=O)N1CC(=O)NCC1C(=O)O. The first kappa shape index (κ1) is 15.7. The molecule has 0 spiro atoms. The van der Waals surface area contributed by atoms with Crippen LogP contribution < -0.4 is 5.32 Å². The molecule has 1 aromatic carbocycles. The lowest BCUT2D eigenvalue weighted by molar-refractivity contribution is -0.143. The van der Waals surface area contributed by atoms with Gasteiger partial charge in [0.25, 0.3) is 0 Å². The van der Waals surface area contributed by atoms with Crippen LogP contribution in [0, 0.1) is 6.92 Å². The number of aliphatic carboxylic acids is 1. The van der Waals surface area contributed by atoms with Gasteiger partial charge in [0.1, 0.15) is 6.04 Å². The number of aryl methyl sites for hydroxylation is 1. The number of carbonyl (C=O) groups is 2. The van der Waals surface area contributed by atoms with Crippen molar-refractivity contribution in [2.75, 3.05) is 13.1 Å². The molecule has 7 nitrogen and oxygen atoms in total. The lowest BCUT2D eigenvalue weighted by Crippen LogP contribution is -2.59. The van der Waals surface area contributed by atoms with Gasteiger partial charge in [0.15, 0.2) is 0 Å². The fourth-order valence-electron chi connectivity index (χ4n) is 2.11. The van der Waals surface area contributed by atoms with Crippen LogP contribution in [0.25, 0.3) is 0 Å². The molecule has 1 aliphatic rings. The largest absolute Gasteiger partial charge is 0.480 e. The molecule has 0 aromatic heterocycles. The number of rotatable bonds is 3. The van der Waals surface area contributed by atoms with E-state index >= 15 is 0 Å². The van der Waals surface area contributed by atoms with Crippen molar-refractivity contribution in [2.24, 2.45) is 0 Å². The molecule has 1 fully saturated rings. The molecule has 21 heavy (non-hydrogen) atoms. The maximum absolute atomic E-state index is 12.6. The molecular weight excluding hydrogens is 320 g/mol. The average Bonchev–Trinajstić information content (AvgIpc) is 2.37. The highest BCUT2D eigenvalue weighted by atomic mass is 35.5. The topological polar surface area (TPSA) is 104 Å². The number of sulfonamides is 1. The Kier molecular flexibility index (Phi) is 4.22. The highest BCUT2D eigenvalue weighted by Gasteiger charge is 2.40. The molecule has 9 heteroatoms. The van der Waals surface area contributed by atoms with E-state index in [1.807, 2.05) is 0 Å². The van der Waals surface area contributed by atoms with E-state index < -0.39 is 34.5 Å². The van der Waals surface area contributed by atoms with Gasteiger partial charge in [-0.05, 0) is 30.7 Å². The number of hydrogen-bond acceptors (Lipinski definition) is 4. The Bertz CT molecular complexity index is 704. The van der Waals surface area contributed by atoms with Gasteiger partial charge in [-0.3, -0.25) is 9.59 Å². The molecule has 1 amide bonds. The molecule has 1 unspecified atom stereocenters. The van der Waals surface area contributed by atoms with Gasteiger partial charge in [-0.25, -0.2) is 8.42 Å². The van der Waals surface area contributed by atoms with Crippen LogP contribution in [-0.4, -0.2) is 48.8 Å². The summed E-state index contributed by atoms with van der Waals surface area (Å²) < 4.78 is 25.9. The second-order valence-corrected chi connectivity index (χ2v) is 6.91. The second-order valence-electron chi connectivity index (χ2n) is 4.62. The summed E-state index contributed by atoms with van der Waals surface area (Å²) in [5.41, 5.74) is 0.387. The van der Waals surface area contributed by atoms with Gasteiger partial charge >= 0.3 is 5.97 Å². The van der Waals surface area contributed by atoms with Crippen molar-refractivity contribution in [2.45, 2.75) is 17.9 Å². The predicted molar refractivity (Wildman–Crippen MR) is 74.5 cm³/mol. The molecule has 0 saturated carbocycles. The Hall–Kier alpha value is -1.64. The minimum Gasteiger partial charge on any atom is -0.480 e. The minimum absolute atomic E-state index is 0.0622. The van der Waals surface area contributed by atoms with E-state index in [1.54, 1.807) is 6.92 Å². The summed E-state index contributed by atoms with van der Waals surface area (Å²) >= 11 is 5.79. The van der Waals surface area contributed by atoms with Gasteiger partial charge in [0, 0.05) is 11.6 Å². The smallest absolute Gasteiger partial charge is 0.323 e. The van der Waals surface area contributed by atoms with E-state index in [-0.39, 0.29) is 11.4 Å². The van der Waals surface area contributed by atoms with Crippen LogP contribution in [0.5, 0.6) is 0 Å². The lowest BCUT2D eigenvalue weighted by Gasteiger charge is -2.32. The van der Waals surface area contributed by atoms with Gasteiger partial charge in [-0.1, -0.05) is 11.6 Å². The number of nitrogens with zero attached hydrogens (tertiary/aromatic N) is 1. The van der Waals surface area contributed by atoms with Crippen molar-refractivity contribution >= 4 is 33.5 Å². The summed E-state index contributed by atoms with van der Waals surface area (Å²) in [6, 6.07) is 2.84. The maximum atomic E-state index is 12.6. The first-order chi connectivity index (χ1) is 9.73. The zero-order valence-corrected chi connectivity index (χ0v) is 12.6. The molecule has 2 rings (SSSR count). The summed E-state index contributed by atoms with van der Waals surface area (Å²) in [5, 5.41) is 11.9. The molecule has 114 valence electrons. The number of halogens is 1. The van der Waals surface area contributed by atoms with Gasteiger partial charge in [-0.15, -0.1) is 0 Å². The summed E-state index contributed by atoms with van der Waals surface area (Å²) in [6.07, 6.45) is 0. The number of carboxylic acid groups (broad SMARTS) is 1. The zero-order chi connectivity index (χ0) is 15.8. The highest BCUT2D eigenvalue weighted by molar-refractivity contribution is 7.89. The highest BCUT2D eigenvalue weighted by Crippen LogP contribution is 2.25. The summed E-state index contributed by atoms with van der Waals surface area (Å²) in [4.78, 5) is 22.6. The molecule has 0 bridgehead atoms. The number of hydrogen-bond donors (Lipinski definition) is 2. The van der Waals surface area contributed by atoms with Gasteiger partial charge in [0.05, 0.1) is 11.4 Å². The van der Waals surface area contributed by atoms with Gasteiger partial charge in [-0.2, -0.15) is 4.31 Å². The number of piperazine rings is 1. The van der Waals surface area contributed by atoms with E-state index in [9.17, 15) is 18.0 Å². The molecule has 1 aromatic rings. The van der Waals surface area contributed by atoms with Crippen molar-refractivity contribution in [3.05, 3.63) is 28.8 Å². The van der Waals surface area contributed by atoms with Crippen molar-refractivity contribution in [3.8, 4) is 0 Å². The van der Waals surface area contributed by atoms with E-state index in [0.29, 0.717) is 14.9 Å². The first-order valence-electron chi connectivity index (χ1n) is 6.01. The lowest BCUT2D eigenvalue weighted by atomic mass is 10.2. The Labute approximate surface area is 126 Å². The van der Waals surface area contributed by atoms with Crippen LogP contribution in [0.4, 0.5) is 0 Å². The fraction of sp³-hybridized carbons (Fsp3) is 0.333. The quantitative estimate of drug-likeness (QED) is 0.824. The molecule has 1 saturated heterocycles. The van der Waals surface area contributed by atoms with Gasteiger partial charge < -0.3 is 10.4 Å². The number of nitrogens with one attached hydrogen (secondary N) is 1. The Morgan fingerprint density at radius 2 is 2.14 bits per heavy atom. The van der Waals surface area contributed by atoms with Crippen molar-refractivity contribution in [1.29, 1.82) is 0 Å². The molecule has 0 aliphatic carbocycles. The summed E-state index contributed by atoms with van der Waals surface area (Å²) in [5.74, 6) is -1.85. The molecule has 0 radical (unpaired) electrons. The fourth-order valence-corrected chi connectivity index (χ4v) is 4.08. The van der Waals surface area contributed by atoms with Gasteiger partial charge in [0.2, 0.25) is 15.9 Å². The van der Waals surface area contributed by atoms with E-state index in [1.165, 1.54) is 18.2 Å². The number of carboxylic acids is 1. The summed E-state index contributed by atoms with van der Waals surface area (Å²) in [7, 11) is -4.10. The number of carbonyl (C=O) groups excluding carboxylic acids is 1. The van der Waals surface area contributed by atoms with E-state index in [0.717, 1.165) is 0 Å². The van der Waals surface area contributed by atoms with E-state index in [2.05, 4.69) is 5.32 Å². The van der Waals surface area contributed by atoms with Crippen LogP contribution in [0.2, 0.25) is 5.02 Å². The maximum Gasteiger partial charge on any atom is 0.323 e. The van der Waals surface area contributed by atoms with Crippen LogP contribution >= 0.6 is 11.6 Å². The summed E-state index contributed by atoms with van der Waals surface area (Å²) in [6.45, 7) is 0.764. The van der Waals surface area contributed by atoms with Crippen LogP contribution in [0.3, 0.4) is 0 Å². The normalized spacial score (nSPS) is 20.1. The molecular formula is C12H13ClN2O5S. The monoisotopic (exact) mass is 332 g/mol. The molecule has 1 aliphatic heterocycles. The first-order valence-corrected chi connectivity index (χ1v) is 7.83. The van der Waals surface area contributed by atoms with Crippen LogP contribution in [0.15, 0.2) is 23.1 Å². The Morgan fingerprint density at radius 3 is 2.71 bits per heavy atom. The third-order valence-corrected chi connectivity index (χ3v) is 5.40. The standard InChI is InChI=1S/C12H13ClN2O5S/c1-7-4-8(13)2-3-10(7)21(19,20)15-6-11(16)14-5-9(15)12(17)18/h2-4,9H,5-6H2,1H3,(H,14,16)(H,17,18). The third kappa shape index (κ3) is 3.02.